The fourth-order valence-corrected chi connectivity index (χ4v) is 5.27. The summed E-state index contributed by atoms with van der Waals surface area (Å²) in [4.78, 5) is 25.4. The quantitative estimate of drug-likeness (QED) is 0.343. The van der Waals surface area contributed by atoms with Gasteiger partial charge in [-0.3, -0.25) is 9.69 Å². The molecule has 1 fully saturated rings. The van der Waals surface area contributed by atoms with E-state index in [1.165, 1.54) is 24.3 Å². The van der Waals surface area contributed by atoms with Gasteiger partial charge in [-0.15, -0.1) is 4.98 Å². The van der Waals surface area contributed by atoms with Crippen molar-refractivity contribution in [1.29, 1.82) is 0 Å². The van der Waals surface area contributed by atoms with Crippen molar-refractivity contribution in [3.05, 3.63) is 111 Å². The number of fused-ring (bicyclic) bond motifs is 1. The van der Waals surface area contributed by atoms with Gasteiger partial charge in [0.1, 0.15) is 11.6 Å². The van der Waals surface area contributed by atoms with Gasteiger partial charge < -0.3 is 14.3 Å². The number of benzene rings is 2. The molecule has 0 aliphatic carbocycles. The van der Waals surface area contributed by atoms with Gasteiger partial charge in [0.25, 0.3) is 11.4 Å². The SMILES string of the molecule is [C-]#[N+]c1ccc2c(n1)c(N1CCN(C(c3ccc(F)cc3)c3ccc(F)cc3)C[C@H]1CC)cc(=O)n2C. The first-order chi connectivity index (χ1) is 17.9. The minimum atomic E-state index is -0.304. The van der Waals surface area contributed by atoms with Gasteiger partial charge in [-0.25, -0.2) is 8.78 Å². The molecular formula is C29H27F2N5O. The highest BCUT2D eigenvalue weighted by atomic mass is 19.1. The highest BCUT2D eigenvalue weighted by Crippen LogP contribution is 2.34. The minimum absolute atomic E-state index is 0.0610. The van der Waals surface area contributed by atoms with Crippen LogP contribution in [0.4, 0.5) is 20.3 Å². The van der Waals surface area contributed by atoms with Crippen molar-refractivity contribution in [2.45, 2.75) is 25.4 Å². The topological polar surface area (TPSA) is 45.7 Å². The molecule has 2 aromatic heterocycles. The second kappa shape index (κ2) is 10.1. The molecule has 0 spiro atoms. The van der Waals surface area contributed by atoms with E-state index in [1.54, 1.807) is 54.1 Å². The van der Waals surface area contributed by atoms with Gasteiger partial charge in [0.2, 0.25) is 5.52 Å². The number of hydrogen-bond acceptors (Lipinski definition) is 4. The summed E-state index contributed by atoms with van der Waals surface area (Å²) in [5, 5.41) is 0. The predicted octanol–water partition coefficient (Wildman–Crippen LogP) is 5.45. The van der Waals surface area contributed by atoms with Crippen molar-refractivity contribution < 1.29 is 8.78 Å². The summed E-state index contributed by atoms with van der Waals surface area (Å²) in [6.07, 6.45) is 0.815. The number of piperazine rings is 1. The van der Waals surface area contributed by atoms with Crippen LogP contribution in [0.5, 0.6) is 0 Å². The number of rotatable bonds is 5. The Morgan fingerprint density at radius 2 is 1.62 bits per heavy atom. The second-order valence-electron chi connectivity index (χ2n) is 9.33. The van der Waals surface area contributed by atoms with E-state index < -0.39 is 0 Å². The Hall–Kier alpha value is -4.09. The van der Waals surface area contributed by atoms with Gasteiger partial charge in [0.05, 0.1) is 17.2 Å². The Morgan fingerprint density at radius 3 is 2.19 bits per heavy atom. The van der Waals surface area contributed by atoms with Crippen molar-refractivity contribution in [2.75, 3.05) is 24.5 Å². The van der Waals surface area contributed by atoms with Crippen LogP contribution in [0.25, 0.3) is 15.9 Å². The fourth-order valence-electron chi connectivity index (χ4n) is 5.27. The molecule has 2 aromatic carbocycles. The van der Waals surface area contributed by atoms with E-state index in [4.69, 9.17) is 6.57 Å². The lowest BCUT2D eigenvalue weighted by molar-refractivity contribution is 0.181. The molecule has 1 saturated heterocycles. The van der Waals surface area contributed by atoms with Crippen LogP contribution in [0.2, 0.25) is 0 Å². The van der Waals surface area contributed by atoms with Gasteiger partial charge in [0.15, 0.2) is 0 Å². The molecule has 1 aliphatic heterocycles. The van der Waals surface area contributed by atoms with E-state index in [9.17, 15) is 13.6 Å². The standard InChI is InChI=1S/C29H27F2N5O/c1-4-23-18-35(29(19-5-9-21(30)10-6-19)20-7-11-22(31)12-8-20)15-16-36(23)25-17-27(37)34(3)24-13-14-26(32-2)33-28(24)25/h5-14,17,23,29H,4,15-16,18H2,1,3H3/t23-/m1/s1. The molecule has 8 heteroatoms. The molecule has 0 N–H and O–H groups in total. The van der Waals surface area contributed by atoms with Gasteiger partial charge in [-0.2, -0.15) is 0 Å². The summed E-state index contributed by atoms with van der Waals surface area (Å²) in [5.74, 6) is -0.324. The van der Waals surface area contributed by atoms with Crippen LogP contribution in [0.3, 0.4) is 0 Å². The number of pyridine rings is 2. The summed E-state index contributed by atoms with van der Waals surface area (Å²) in [6.45, 7) is 11.5. The average molecular weight is 500 g/mol. The number of aryl methyl sites for hydroxylation is 1. The highest BCUT2D eigenvalue weighted by Gasteiger charge is 2.33. The Morgan fingerprint density at radius 1 is 1.00 bits per heavy atom. The Kier molecular flexibility index (Phi) is 6.72. The zero-order valence-electron chi connectivity index (χ0n) is 20.7. The largest absolute Gasteiger partial charge is 0.362 e. The van der Waals surface area contributed by atoms with Gasteiger partial charge in [-0.1, -0.05) is 37.8 Å². The first-order valence-corrected chi connectivity index (χ1v) is 12.3. The predicted molar refractivity (Wildman–Crippen MR) is 141 cm³/mol. The van der Waals surface area contributed by atoms with Crippen molar-refractivity contribution in [3.63, 3.8) is 0 Å². The van der Waals surface area contributed by atoms with Crippen molar-refractivity contribution in [3.8, 4) is 0 Å². The third-order valence-electron chi connectivity index (χ3n) is 7.20. The van der Waals surface area contributed by atoms with Crippen LogP contribution in [0.15, 0.2) is 71.5 Å². The molecule has 188 valence electrons. The van der Waals surface area contributed by atoms with Crippen LogP contribution in [-0.4, -0.2) is 40.1 Å². The third kappa shape index (κ3) is 4.70. The second-order valence-corrected chi connectivity index (χ2v) is 9.33. The minimum Gasteiger partial charge on any atom is -0.362 e. The van der Waals surface area contributed by atoms with E-state index in [1.807, 2.05) is 0 Å². The number of hydrogen-bond donors (Lipinski definition) is 0. The normalized spacial score (nSPS) is 16.3. The highest BCUT2D eigenvalue weighted by molar-refractivity contribution is 5.89. The molecule has 4 aromatic rings. The molecule has 1 aliphatic rings. The molecule has 37 heavy (non-hydrogen) atoms. The van der Waals surface area contributed by atoms with Crippen molar-refractivity contribution in [2.24, 2.45) is 7.05 Å². The Balaban J connectivity index is 1.54. The zero-order chi connectivity index (χ0) is 26.1. The monoisotopic (exact) mass is 499 g/mol. The molecule has 6 nitrogen and oxygen atoms in total. The smallest absolute Gasteiger partial charge is 0.270 e. The molecule has 3 heterocycles. The van der Waals surface area contributed by atoms with E-state index >= 15 is 0 Å². The molecular weight excluding hydrogens is 472 g/mol. The Bertz CT molecular complexity index is 1480. The maximum Gasteiger partial charge on any atom is 0.270 e. The van der Waals surface area contributed by atoms with Crippen LogP contribution in [0.1, 0.15) is 30.5 Å². The third-order valence-corrected chi connectivity index (χ3v) is 7.20. The molecule has 0 unspecified atom stereocenters. The molecule has 0 saturated carbocycles. The lowest BCUT2D eigenvalue weighted by Gasteiger charge is -2.45. The summed E-state index contributed by atoms with van der Waals surface area (Å²) in [5.41, 5.74) is 3.78. The van der Waals surface area contributed by atoms with Crippen molar-refractivity contribution in [1.82, 2.24) is 14.5 Å². The molecule has 1 atom stereocenters. The number of aromatic nitrogens is 2. The van der Waals surface area contributed by atoms with Crippen LogP contribution < -0.4 is 10.5 Å². The van der Waals surface area contributed by atoms with E-state index in [0.29, 0.717) is 30.7 Å². The summed E-state index contributed by atoms with van der Waals surface area (Å²) < 4.78 is 29.0. The number of anilines is 1. The van der Waals surface area contributed by atoms with Crippen LogP contribution in [-0.2, 0) is 7.05 Å². The maximum absolute atomic E-state index is 13.7. The van der Waals surface area contributed by atoms with Crippen molar-refractivity contribution >= 4 is 22.5 Å². The molecule has 5 rings (SSSR count). The van der Waals surface area contributed by atoms with E-state index in [-0.39, 0.29) is 35.1 Å². The summed E-state index contributed by atoms with van der Waals surface area (Å²) in [7, 11) is 1.71. The van der Waals surface area contributed by atoms with Gasteiger partial charge in [0, 0.05) is 38.8 Å². The van der Waals surface area contributed by atoms with Crippen LogP contribution >= 0.6 is 0 Å². The van der Waals surface area contributed by atoms with E-state index in [2.05, 4.69) is 26.6 Å². The first kappa shape index (κ1) is 24.6. The molecule has 0 radical (unpaired) electrons. The lowest BCUT2D eigenvalue weighted by atomic mass is 9.94. The molecule has 0 bridgehead atoms. The first-order valence-electron chi connectivity index (χ1n) is 12.3. The lowest BCUT2D eigenvalue weighted by Crippen LogP contribution is -2.54. The average Bonchev–Trinajstić information content (AvgIpc) is 2.92. The van der Waals surface area contributed by atoms with Gasteiger partial charge >= 0.3 is 0 Å². The van der Waals surface area contributed by atoms with Crippen LogP contribution in [0, 0.1) is 18.2 Å². The summed E-state index contributed by atoms with van der Waals surface area (Å²) >= 11 is 0. The number of nitrogens with zero attached hydrogens (tertiary/aromatic N) is 5. The fraction of sp³-hybridized carbons (Fsp3) is 0.276. The van der Waals surface area contributed by atoms with E-state index in [0.717, 1.165) is 23.2 Å². The summed E-state index contributed by atoms with van der Waals surface area (Å²) in [6, 6.07) is 17.8. The number of halogens is 2. The molecule has 0 amide bonds. The Labute approximate surface area is 214 Å². The van der Waals surface area contributed by atoms with Gasteiger partial charge in [-0.05, 0) is 53.9 Å². The zero-order valence-corrected chi connectivity index (χ0v) is 20.7. The maximum atomic E-state index is 13.7.